The molecule has 0 spiro atoms. The first-order chi connectivity index (χ1) is 10.0. The summed E-state index contributed by atoms with van der Waals surface area (Å²) in [4.78, 5) is 15.2. The van der Waals surface area contributed by atoms with Crippen molar-refractivity contribution in [2.45, 2.75) is 40.2 Å². The Morgan fingerprint density at radius 1 is 1.33 bits per heavy atom. The van der Waals surface area contributed by atoms with Gasteiger partial charge in [0.15, 0.2) is 12.4 Å². The van der Waals surface area contributed by atoms with Crippen molar-refractivity contribution in [2.75, 3.05) is 0 Å². The van der Waals surface area contributed by atoms with Crippen molar-refractivity contribution in [3.05, 3.63) is 40.5 Å². The number of carboxylic acids is 1. The second-order valence-electron chi connectivity index (χ2n) is 4.89. The predicted molar refractivity (Wildman–Crippen MR) is 75.5 cm³/mol. The highest BCUT2D eigenvalue weighted by molar-refractivity contribution is 5.88. The van der Waals surface area contributed by atoms with Crippen LogP contribution in [0.2, 0.25) is 0 Å². The lowest BCUT2D eigenvalue weighted by Gasteiger charge is -2.11. The number of aromatic nitrogens is 2. The summed E-state index contributed by atoms with van der Waals surface area (Å²) in [5, 5.41) is 12.9. The van der Waals surface area contributed by atoms with E-state index in [9.17, 15) is 4.79 Å². The SMILES string of the molecule is CCCc1noc(COc2c(C)cc(C(=O)O)cc2C)n1. The molecule has 0 saturated carbocycles. The number of aryl methyl sites for hydroxylation is 3. The van der Waals surface area contributed by atoms with Crippen LogP contribution in [0.25, 0.3) is 0 Å². The number of rotatable bonds is 6. The van der Waals surface area contributed by atoms with E-state index in [1.807, 2.05) is 20.8 Å². The van der Waals surface area contributed by atoms with E-state index in [4.69, 9.17) is 14.4 Å². The minimum atomic E-state index is -0.950. The number of carboxylic acid groups (broad SMARTS) is 1. The molecule has 1 N–H and O–H groups in total. The summed E-state index contributed by atoms with van der Waals surface area (Å²) in [5.41, 5.74) is 1.78. The first kappa shape index (κ1) is 15.0. The van der Waals surface area contributed by atoms with Gasteiger partial charge in [-0.25, -0.2) is 4.79 Å². The Labute approximate surface area is 122 Å². The molecule has 1 aromatic heterocycles. The molecule has 21 heavy (non-hydrogen) atoms. The van der Waals surface area contributed by atoms with Crippen molar-refractivity contribution in [1.82, 2.24) is 10.1 Å². The number of hydrogen-bond acceptors (Lipinski definition) is 5. The topological polar surface area (TPSA) is 85.5 Å². The number of aromatic carboxylic acids is 1. The molecule has 2 rings (SSSR count). The molecule has 0 atom stereocenters. The van der Waals surface area contributed by atoms with Crippen molar-refractivity contribution in [2.24, 2.45) is 0 Å². The Kier molecular flexibility index (Phi) is 4.57. The lowest BCUT2D eigenvalue weighted by Crippen LogP contribution is -2.03. The lowest BCUT2D eigenvalue weighted by atomic mass is 10.1. The van der Waals surface area contributed by atoms with E-state index >= 15 is 0 Å². The molecule has 6 nitrogen and oxygen atoms in total. The molecular formula is C15H18N2O4. The van der Waals surface area contributed by atoms with Crippen LogP contribution in [0.5, 0.6) is 5.75 Å². The maximum absolute atomic E-state index is 11.0. The molecule has 112 valence electrons. The fraction of sp³-hybridized carbons (Fsp3) is 0.400. The number of carbonyl (C=O) groups is 1. The van der Waals surface area contributed by atoms with Gasteiger partial charge in [-0.1, -0.05) is 12.1 Å². The van der Waals surface area contributed by atoms with E-state index in [0.717, 1.165) is 24.0 Å². The van der Waals surface area contributed by atoms with Crippen molar-refractivity contribution >= 4 is 5.97 Å². The first-order valence-corrected chi connectivity index (χ1v) is 6.80. The van der Waals surface area contributed by atoms with Gasteiger partial charge < -0.3 is 14.4 Å². The zero-order chi connectivity index (χ0) is 15.4. The molecule has 1 aromatic carbocycles. The largest absolute Gasteiger partial charge is 0.483 e. The van der Waals surface area contributed by atoms with Gasteiger partial charge in [0.25, 0.3) is 5.89 Å². The van der Waals surface area contributed by atoms with Crippen LogP contribution in [-0.4, -0.2) is 21.2 Å². The summed E-state index contributed by atoms with van der Waals surface area (Å²) >= 11 is 0. The van der Waals surface area contributed by atoms with Crippen molar-refractivity contribution in [3.8, 4) is 5.75 Å². The van der Waals surface area contributed by atoms with Crippen LogP contribution in [0.3, 0.4) is 0 Å². The normalized spacial score (nSPS) is 10.6. The molecule has 1 heterocycles. The average molecular weight is 290 g/mol. The molecule has 0 fully saturated rings. The molecule has 2 aromatic rings. The Morgan fingerprint density at radius 3 is 2.57 bits per heavy atom. The van der Waals surface area contributed by atoms with E-state index < -0.39 is 5.97 Å². The number of nitrogens with zero attached hydrogens (tertiary/aromatic N) is 2. The van der Waals surface area contributed by atoms with Gasteiger partial charge in [-0.3, -0.25) is 0 Å². The van der Waals surface area contributed by atoms with Gasteiger partial charge in [-0.05, 0) is 43.5 Å². The van der Waals surface area contributed by atoms with E-state index in [2.05, 4.69) is 10.1 Å². The molecule has 0 radical (unpaired) electrons. The van der Waals surface area contributed by atoms with Gasteiger partial charge >= 0.3 is 5.97 Å². The zero-order valence-corrected chi connectivity index (χ0v) is 12.3. The maximum Gasteiger partial charge on any atom is 0.335 e. The number of benzene rings is 1. The van der Waals surface area contributed by atoms with Crippen LogP contribution in [0.1, 0.15) is 46.5 Å². The molecule has 6 heteroatoms. The van der Waals surface area contributed by atoms with Crippen LogP contribution in [0, 0.1) is 13.8 Å². The third-order valence-corrected chi connectivity index (χ3v) is 3.03. The van der Waals surface area contributed by atoms with E-state index in [1.54, 1.807) is 12.1 Å². The molecule has 0 aliphatic carbocycles. The molecule has 0 unspecified atom stereocenters. The fourth-order valence-electron chi connectivity index (χ4n) is 2.11. The summed E-state index contributed by atoms with van der Waals surface area (Å²) < 4.78 is 10.8. The molecule has 0 saturated heterocycles. The van der Waals surface area contributed by atoms with Crippen LogP contribution < -0.4 is 4.74 Å². The third-order valence-electron chi connectivity index (χ3n) is 3.03. The molecule has 0 aliphatic heterocycles. The Morgan fingerprint density at radius 2 is 2.00 bits per heavy atom. The summed E-state index contributed by atoms with van der Waals surface area (Å²) in [5.74, 6) is 0.787. The fourth-order valence-corrected chi connectivity index (χ4v) is 2.11. The summed E-state index contributed by atoms with van der Waals surface area (Å²) in [6.07, 6.45) is 1.73. The van der Waals surface area contributed by atoms with Crippen molar-refractivity contribution in [1.29, 1.82) is 0 Å². The Bertz CT molecular complexity index is 626. The highest BCUT2D eigenvalue weighted by atomic mass is 16.5. The predicted octanol–water partition coefficient (Wildman–Crippen LogP) is 2.92. The van der Waals surface area contributed by atoms with Crippen molar-refractivity contribution in [3.63, 3.8) is 0 Å². The summed E-state index contributed by atoms with van der Waals surface area (Å²) in [7, 11) is 0. The highest BCUT2D eigenvalue weighted by Crippen LogP contribution is 2.25. The van der Waals surface area contributed by atoms with Crippen LogP contribution in [0.15, 0.2) is 16.7 Å². The van der Waals surface area contributed by atoms with E-state index in [1.165, 1.54) is 0 Å². The molecule has 0 aliphatic rings. The molecular weight excluding hydrogens is 272 g/mol. The van der Waals surface area contributed by atoms with E-state index in [0.29, 0.717) is 17.5 Å². The Balaban J connectivity index is 2.10. The van der Waals surface area contributed by atoms with Crippen molar-refractivity contribution < 1.29 is 19.2 Å². The maximum atomic E-state index is 11.0. The second-order valence-corrected chi connectivity index (χ2v) is 4.89. The smallest absolute Gasteiger partial charge is 0.335 e. The second kappa shape index (κ2) is 6.39. The number of hydrogen-bond donors (Lipinski definition) is 1. The zero-order valence-electron chi connectivity index (χ0n) is 12.3. The third kappa shape index (κ3) is 3.59. The average Bonchev–Trinajstić information content (AvgIpc) is 2.85. The number of ether oxygens (including phenoxy) is 1. The van der Waals surface area contributed by atoms with Gasteiger partial charge in [0.1, 0.15) is 5.75 Å². The summed E-state index contributed by atoms with van der Waals surface area (Å²) in [6.45, 7) is 5.84. The Hall–Kier alpha value is -2.37. The minimum absolute atomic E-state index is 0.171. The van der Waals surface area contributed by atoms with Crippen LogP contribution in [0.4, 0.5) is 0 Å². The lowest BCUT2D eigenvalue weighted by molar-refractivity contribution is 0.0696. The van der Waals surface area contributed by atoms with Gasteiger partial charge in [0.2, 0.25) is 0 Å². The standard InChI is InChI=1S/C15H18N2O4/c1-4-5-12-16-13(21-17-12)8-20-14-9(2)6-11(15(18)19)7-10(14)3/h6-7H,4-5,8H2,1-3H3,(H,18,19). The summed E-state index contributed by atoms with van der Waals surface area (Å²) in [6, 6.07) is 3.17. The van der Waals surface area contributed by atoms with Crippen LogP contribution in [-0.2, 0) is 13.0 Å². The van der Waals surface area contributed by atoms with Gasteiger partial charge in [-0.15, -0.1) is 0 Å². The monoisotopic (exact) mass is 290 g/mol. The van der Waals surface area contributed by atoms with Gasteiger partial charge in [0, 0.05) is 6.42 Å². The van der Waals surface area contributed by atoms with Crippen LogP contribution >= 0.6 is 0 Å². The minimum Gasteiger partial charge on any atom is -0.483 e. The quantitative estimate of drug-likeness (QED) is 0.880. The highest BCUT2D eigenvalue weighted by Gasteiger charge is 2.12. The molecule has 0 bridgehead atoms. The van der Waals surface area contributed by atoms with Gasteiger partial charge in [0.05, 0.1) is 5.56 Å². The van der Waals surface area contributed by atoms with E-state index in [-0.39, 0.29) is 12.2 Å². The first-order valence-electron chi connectivity index (χ1n) is 6.80. The van der Waals surface area contributed by atoms with Gasteiger partial charge in [-0.2, -0.15) is 4.98 Å². The molecule has 0 amide bonds.